The van der Waals surface area contributed by atoms with Crippen molar-refractivity contribution in [2.75, 3.05) is 12.0 Å². The molecule has 178 valence electrons. The number of allylic oxidation sites excluding steroid dienone is 1. The Balaban J connectivity index is 1.77. The zero-order valence-corrected chi connectivity index (χ0v) is 18.9. The highest BCUT2D eigenvalue weighted by Crippen LogP contribution is 2.28. The molecule has 13 heteroatoms. The van der Waals surface area contributed by atoms with Gasteiger partial charge in [-0.1, -0.05) is 29.5 Å². The molecule has 0 aromatic carbocycles. The molecule has 0 fully saturated rings. The van der Waals surface area contributed by atoms with Crippen molar-refractivity contribution in [3.63, 3.8) is 0 Å². The Morgan fingerprint density at radius 2 is 2.09 bits per heavy atom. The maximum Gasteiger partial charge on any atom is 0.413 e. The van der Waals surface area contributed by atoms with E-state index in [1.807, 2.05) is 0 Å². The molecule has 10 nitrogen and oxygen atoms in total. The lowest BCUT2D eigenvalue weighted by Gasteiger charge is -2.15. The number of carbonyl (C=O) groups is 2. The molecule has 34 heavy (non-hydrogen) atoms. The van der Waals surface area contributed by atoms with Crippen molar-refractivity contribution in [2.45, 2.75) is 19.4 Å². The summed E-state index contributed by atoms with van der Waals surface area (Å²) < 4.78 is 33.7. The molecule has 0 saturated carbocycles. The summed E-state index contributed by atoms with van der Waals surface area (Å²) in [5, 5.41) is 12.7. The Hall–Kier alpha value is -3.93. The largest absolute Gasteiger partial charge is 0.441 e. The summed E-state index contributed by atoms with van der Waals surface area (Å²) >= 11 is 6.02. The van der Waals surface area contributed by atoms with E-state index in [0.29, 0.717) is 5.56 Å². The number of nitrogens with zero attached hydrogens (tertiary/aromatic N) is 5. The Morgan fingerprint density at radius 1 is 1.32 bits per heavy atom. The summed E-state index contributed by atoms with van der Waals surface area (Å²) in [5.74, 6) is -1.58. The number of alkyl halides is 1. The van der Waals surface area contributed by atoms with E-state index < -0.39 is 30.6 Å². The SMILES string of the molecule is C=C(CCF)NC(=O)c1cnc(-c2nnn(C)c2NC(=O)O[C@H](C)c2cccnc2Cl)c(F)c1. The molecule has 1 atom stereocenters. The molecule has 3 aromatic heterocycles. The monoisotopic (exact) mass is 491 g/mol. The lowest BCUT2D eigenvalue weighted by atomic mass is 10.2. The van der Waals surface area contributed by atoms with E-state index >= 15 is 0 Å². The quantitative estimate of drug-likeness (QED) is 0.457. The Bertz CT molecular complexity index is 1230. The molecule has 0 spiro atoms. The zero-order valence-electron chi connectivity index (χ0n) is 18.2. The van der Waals surface area contributed by atoms with Crippen LogP contribution in [-0.4, -0.2) is 43.6 Å². The van der Waals surface area contributed by atoms with E-state index in [9.17, 15) is 18.4 Å². The molecule has 0 radical (unpaired) electrons. The number of amides is 2. The second-order valence-electron chi connectivity index (χ2n) is 7.02. The first-order chi connectivity index (χ1) is 16.2. The number of rotatable bonds is 8. The number of nitrogens with one attached hydrogen (secondary N) is 2. The average molecular weight is 492 g/mol. The number of aryl methyl sites for hydroxylation is 1. The third-order valence-corrected chi connectivity index (χ3v) is 4.89. The molecule has 3 heterocycles. The number of hydrogen-bond acceptors (Lipinski definition) is 7. The standard InChI is InChI=1S/C21H20ClF2N7O3/c1-11(6-7-23)27-20(32)13-9-15(24)16(26-10-13)17-19(31(3)30-29-17)28-21(33)34-12(2)14-5-4-8-25-18(14)22/h4-5,8-10,12H,1,6-7H2,2-3H3,(H,27,32)(H,28,33)/t12-/m1/s1. The van der Waals surface area contributed by atoms with Gasteiger partial charge in [0, 0.05) is 37.1 Å². The Morgan fingerprint density at radius 3 is 2.76 bits per heavy atom. The van der Waals surface area contributed by atoms with Gasteiger partial charge in [0.1, 0.15) is 17.0 Å². The fraction of sp³-hybridized carbons (Fsp3) is 0.238. The highest BCUT2D eigenvalue weighted by Gasteiger charge is 2.23. The van der Waals surface area contributed by atoms with Crippen molar-refractivity contribution in [1.29, 1.82) is 0 Å². The number of pyridine rings is 2. The zero-order chi connectivity index (χ0) is 24.8. The molecule has 3 aromatic rings. The number of aromatic nitrogens is 5. The van der Waals surface area contributed by atoms with Crippen LogP contribution in [0.25, 0.3) is 11.4 Å². The maximum atomic E-state index is 14.8. The van der Waals surface area contributed by atoms with Crippen molar-refractivity contribution < 1.29 is 23.1 Å². The van der Waals surface area contributed by atoms with E-state index in [1.165, 1.54) is 17.9 Å². The van der Waals surface area contributed by atoms with E-state index in [2.05, 4.69) is 37.5 Å². The maximum absolute atomic E-state index is 14.8. The lowest BCUT2D eigenvalue weighted by Crippen LogP contribution is -2.23. The molecular weight excluding hydrogens is 472 g/mol. The Labute approximate surface area is 198 Å². The van der Waals surface area contributed by atoms with Crippen molar-refractivity contribution in [3.8, 4) is 11.4 Å². The van der Waals surface area contributed by atoms with Gasteiger partial charge < -0.3 is 10.1 Å². The summed E-state index contributed by atoms with van der Waals surface area (Å²) in [4.78, 5) is 32.5. The van der Waals surface area contributed by atoms with Crippen LogP contribution in [0.2, 0.25) is 5.15 Å². The van der Waals surface area contributed by atoms with Crippen molar-refractivity contribution in [3.05, 3.63) is 65.0 Å². The van der Waals surface area contributed by atoms with Gasteiger partial charge in [-0.05, 0) is 19.1 Å². The third-order valence-electron chi connectivity index (χ3n) is 4.57. The molecule has 3 rings (SSSR count). The minimum Gasteiger partial charge on any atom is -0.441 e. The fourth-order valence-electron chi connectivity index (χ4n) is 2.85. The predicted molar refractivity (Wildman–Crippen MR) is 119 cm³/mol. The molecule has 0 unspecified atom stereocenters. The normalized spacial score (nSPS) is 11.6. The summed E-state index contributed by atoms with van der Waals surface area (Å²) in [6, 6.07) is 4.25. The van der Waals surface area contributed by atoms with E-state index in [-0.39, 0.29) is 40.0 Å². The minimum atomic E-state index is -0.892. The lowest BCUT2D eigenvalue weighted by molar-refractivity contribution is 0.0963. The first-order valence-electron chi connectivity index (χ1n) is 9.90. The van der Waals surface area contributed by atoms with Crippen LogP contribution in [0.15, 0.2) is 42.9 Å². The van der Waals surface area contributed by atoms with Gasteiger partial charge in [0.15, 0.2) is 17.3 Å². The highest BCUT2D eigenvalue weighted by molar-refractivity contribution is 6.30. The molecule has 2 amide bonds. The molecule has 0 aliphatic heterocycles. The third kappa shape index (κ3) is 5.70. The van der Waals surface area contributed by atoms with Gasteiger partial charge >= 0.3 is 6.09 Å². The van der Waals surface area contributed by atoms with Gasteiger partial charge in [0.05, 0.1) is 12.2 Å². The number of carbonyl (C=O) groups excluding carboxylic acids is 2. The van der Waals surface area contributed by atoms with E-state index in [0.717, 1.165) is 12.3 Å². The van der Waals surface area contributed by atoms with Crippen LogP contribution >= 0.6 is 11.6 Å². The number of anilines is 1. The molecule has 0 aliphatic carbocycles. The molecular formula is C21H20ClF2N7O3. The van der Waals surface area contributed by atoms with Gasteiger partial charge in [0.25, 0.3) is 5.91 Å². The molecule has 2 N–H and O–H groups in total. The van der Waals surface area contributed by atoms with E-state index in [4.69, 9.17) is 16.3 Å². The van der Waals surface area contributed by atoms with Crippen LogP contribution in [0, 0.1) is 5.82 Å². The van der Waals surface area contributed by atoms with Crippen LogP contribution in [-0.2, 0) is 11.8 Å². The fourth-order valence-corrected chi connectivity index (χ4v) is 3.13. The van der Waals surface area contributed by atoms with Gasteiger partial charge in [0.2, 0.25) is 0 Å². The number of ether oxygens (including phenoxy) is 1. The van der Waals surface area contributed by atoms with Crippen LogP contribution in [0.3, 0.4) is 0 Å². The van der Waals surface area contributed by atoms with E-state index in [1.54, 1.807) is 19.1 Å². The summed E-state index contributed by atoms with van der Waals surface area (Å²) in [6.45, 7) is 4.43. The number of halogens is 3. The van der Waals surface area contributed by atoms with Gasteiger partial charge in [-0.15, -0.1) is 5.10 Å². The van der Waals surface area contributed by atoms with Crippen LogP contribution < -0.4 is 10.6 Å². The van der Waals surface area contributed by atoms with Gasteiger partial charge in [-0.2, -0.15) is 0 Å². The van der Waals surface area contributed by atoms with Crippen molar-refractivity contribution in [1.82, 2.24) is 30.3 Å². The predicted octanol–water partition coefficient (Wildman–Crippen LogP) is 3.98. The second-order valence-corrected chi connectivity index (χ2v) is 7.38. The summed E-state index contributed by atoms with van der Waals surface area (Å²) in [7, 11) is 1.48. The first-order valence-corrected chi connectivity index (χ1v) is 10.3. The molecule has 0 bridgehead atoms. The van der Waals surface area contributed by atoms with Gasteiger partial charge in [-0.25, -0.2) is 18.9 Å². The van der Waals surface area contributed by atoms with Crippen molar-refractivity contribution >= 4 is 29.4 Å². The molecule has 0 aliphatic rings. The Kier molecular flexibility index (Phi) is 7.84. The average Bonchev–Trinajstić information content (AvgIpc) is 3.13. The smallest absolute Gasteiger partial charge is 0.413 e. The first kappa shape index (κ1) is 24.7. The second kappa shape index (κ2) is 10.8. The number of hydrogen-bond donors (Lipinski definition) is 2. The van der Waals surface area contributed by atoms with Gasteiger partial charge in [-0.3, -0.25) is 19.5 Å². The highest BCUT2D eigenvalue weighted by atomic mass is 35.5. The van der Waals surface area contributed by atoms with Crippen LogP contribution in [0.5, 0.6) is 0 Å². The van der Waals surface area contributed by atoms with Crippen molar-refractivity contribution in [2.24, 2.45) is 7.05 Å². The van der Waals surface area contributed by atoms with Crippen LogP contribution in [0.1, 0.15) is 35.4 Å². The van der Waals surface area contributed by atoms with Crippen LogP contribution in [0.4, 0.5) is 19.4 Å². The summed E-state index contributed by atoms with van der Waals surface area (Å²) in [6.07, 6.45) is 0.950. The summed E-state index contributed by atoms with van der Waals surface area (Å²) in [5.41, 5.74) is 0.195. The minimum absolute atomic E-state index is 0.00871. The topological polar surface area (TPSA) is 124 Å². The molecule has 0 saturated heterocycles.